The number of rotatable bonds is 4. The first-order chi connectivity index (χ1) is 8.63. The molecule has 1 atom stereocenters. The van der Waals surface area contributed by atoms with E-state index in [0.29, 0.717) is 12.5 Å². The summed E-state index contributed by atoms with van der Waals surface area (Å²) in [6.07, 6.45) is 1.74. The van der Waals surface area contributed by atoms with Crippen molar-refractivity contribution < 1.29 is 4.79 Å². The average molecular weight is 246 g/mol. The van der Waals surface area contributed by atoms with Gasteiger partial charge in [-0.25, -0.2) is 0 Å². The number of benzene rings is 1. The van der Waals surface area contributed by atoms with Gasteiger partial charge in [0.25, 0.3) is 0 Å². The summed E-state index contributed by atoms with van der Waals surface area (Å²) in [5, 5.41) is 0. The lowest BCUT2D eigenvalue weighted by Gasteiger charge is -2.23. The van der Waals surface area contributed by atoms with Crippen LogP contribution < -0.4 is 4.90 Å². The van der Waals surface area contributed by atoms with Crippen LogP contribution in [0.3, 0.4) is 0 Å². The van der Waals surface area contributed by atoms with Gasteiger partial charge in [-0.05, 0) is 32.6 Å². The van der Waals surface area contributed by atoms with E-state index < -0.39 is 0 Å². The van der Waals surface area contributed by atoms with Gasteiger partial charge in [-0.15, -0.1) is 0 Å². The highest BCUT2D eigenvalue weighted by Gasteiger charge is 2.26. The lowest BCUT2D eigenvalue weighted by atomic mass is 10.1. The maximum atomic E-state index is 12.0. The van der Waals surface area contributed by atoms with Crippen LogP contribution in [0.4, 0.5) is 5.69 Å². The third kappa shape index (κ3) is 2.56. The number of para-hydroxylation sites is 1. The van der Waals surface area contributed by atoms with Gasteiger partial charge in [0, 0.05) is 36.8 Å². The van der Waals surface area contributed by atoms with Crippen LogP contribution in [-0.4, -0.2) is 43.9 Å². The van der Waals surface area contributed by atoms with E-state index in [0.717, 1.165) is 24.3 Å². The van der Waals surface area contributed by atoms with Crippen molar-refractivity contribution in [2.24, 2.45) is 0 Å². The van der Waals surface area contributed by atoms with Crippen LogP contribution in [0.1, 0.15) is 30.1 Å². The van der Waals surface area contributed by atoms with Gasteiger partial charge in [0.15, 0.2) is 5.78 Å². The smallest absolute Gasteiger partial charge is 0.164 e. The van der Waals surface area contributed by atoms with Gasteiger partial charge in [-0.1, -0.05) is 19.1 Å². The maximum Gasteiger partial charge on any atom is 0.164 e. The van der Waals surface area contributed by atoms with Gasteiger partial charge < -0.3 is 9.80 Å². The molecule has 0 saturated carbocycles. The first-order valence-electron chi connectivity index (χ1n) is 6.67. The number of carbonyl (C=O) groups excluding carboxylic acids is 1. The summed E-state index contributed by atoms with van der Waals surface area (Å²) in [6.45, 7) is 3.98. The number of hydrogen-bond acceptors (Lipinski definition) is 3. The van der Waals surface area contributed by atoms with E-state index in [1.54, 1.807) is 0 Å². The normalized spacial score (nSPS) is 19.6. The van der Waals surface area contributed by atoms with Crippen molar-refractivity contribution >= 4 is 11.5 Å². The number of ketones is 1. The molecule has 18 heavy (non-hydrogen) atoms. The maximum absolute atomic E-state index is 12.0. The summed E-state index contributed by atoms with van der Waals surface area (Å²) in [4.78, 5) is 16.6. The molecule has 0 aliphatic carbocycles. The molecule has 1 aromatic carbocycles. The molecule has 1 fully saturated rings. The Morgan fingerprint density at radius 1 is 1.39 bits per heavy atom. The molecule has 1 aliphatic heterocycles. The number of nitrogens with zero attached hydrogens (tertiary/aromatic N) is 2. The van der Waals surface area contributed by atoms with E-state index in [1.165, 1.54) is 6.42 Å². The Kier molecular flexibility index (Phi) is 4.02. The molecule has 0 N–H and O–H groups in total. The molecule has 1 aliphatic rings. The number of Topliss-reactive ketones (excluding diaryl/α,β-unsaturated/α-hetero) is 1. The topological polar surface area (TPSA) is 23.6 Å². The molecular formula is C15H22N2O. The van der Waals surface area contributed by atoms with Gasteiger partial charge in [-0.3, -0.25) is 4.79 Å². The van der Waals surface area contributed by atoms with E-state index in [-0.39, 0.29) is 5.78 Å². The zero-order valence-electron chi connectivity index (χ0n) is 11.5. The molecule has 1 aromatic rings. The molecule has 98 valence electrons. The summed E-state index contributed by atoms with van der Waals surface area (Å²) in [5.41, 5.74) is 1.98. The number of anilines is 1. The number of carbonyl (C=O) groups is 1. The molecule has 3 heteroatoms. The second kappa shape index (κ2) is 5.53. The Bertz CT molecular complexity index is 428. The molecule has 3 nitrogen and oxygen atoms in total. The summed E-state index contributed by atoms with van der Waals surface area (Å²) in [7, 11) is 4.24. The van der Waals surface area contributed by atoms with Crippen molar-refractivity contribution in [2.45, 2.75) is 25.8 Å². The van der Waals surface area contributed by atoms with Crippen LogP contribution in [0, 0.1) is 0 Å². The Morgan fingerprint density at radius 3 is 2.72 bits per heavy atom. The minimum absolute atomic E-state index is 0.235. The third-order valence-electron chi connectivity index (χ3n) is 3.76. The highest BCUT2D eigenvalue weighted by atomic mass is 16.1. The van der Waals surface area contributed by atoms with Crippen molar-refractivity contribution in [3.05, 3.63) is 29.8 Å². The van der Waals surface area contributed by atoms with Gasteiger partial charge in [-0.2, -0.15) is 0 Å². The molecule has 1 unspecified atom stereocenters. The minimum atomic E-state index is 0.235. The number of hydrogen-bond donors (Lipinski definition) is 0. The molecular weight excluding hydrogens is 224 g/mol. The average Bonchev–Trinajstić information content (AvgIpc) is 2.87. The van der Waals surface area contributed by atoms with Crippen LogP contribution in [0.25, 0.3) is 0 Å². The van der Waals surface area contributed by atoms with Crippen LogP contribution >= 0.6 is 0 Å². The second-order valence-electron chi connectivity index (χ2n) is 5.15. The third-order valence-corrected chi connectivity index (χ3v) is 3.76. The SMILES string of the molecule is CCC(=O)c1ccccc1N1CCC(N(C)C)C1. The van der Waals surface area contributed by atoms with Crippen molar-refractivity contribution in [2.75, 3.05) is 32.1 Å². The van der Waals surface area contributed by atoms with Crippen LogP contribution in [0.2, 0.25) is 0 Å². The fourth-order valence-electron chi connectivity index (χ4n) is 2.56. The predicted octanol–water partition coefficient (Wildman–Crippen LogP) is 2.42. The lowest BCUT2D eigenvalue weighted by molar-refractivity contribution is 0.0988. The summed E-state index contributed by atoms with van der Waals surface area (Å²) >= 11 is 0. The van der Waals surface area contributed by atoms with Crippen molar-refractivity contribution in [1.29, 1.82) is 0 Å². The number of likely N-dealkylation sites (N-methyl/N-ethyl adjacent to an activating group) is 1. The first-order valence-corrected chi connectivity index (χ1v) is 6.67. The van der Waals surface area contributed by atoms with Crippen LogP contribution in [0.15, 0.2) is 24.3 Å². The fraction of sp³-hybridized carbons (Fsp3) is 0.533. The van der Waals surface area contributed by atoms with E-state index in [9.17, 15) is 4.79 Å². The molecule has 0 spiro atoms. The molecule has 0 aromatic heterocycles. The Morgan fingerprint density at radius 2 is 2.11 bits per heavy atom. The molecule has 1 heterocycles. The largest absolute Gasteiger partial charge is 0.369 e. The standard InChI is InChI=1S/C15H22N2O/c1-4-15(18)13-7-5-6-8-14(13)17-10-9-12(11-17)16(2)3/h5-8,12H,4,9-11H2,1-3H3. The Balaban J connectivity index is 2.22. The van der Waals surface area contributed by atoms with Crippen molar-refractivity contribution in [3.63, 3.8) is 0 Å². The fourth-order valence-corrected chi connectivity index (χ4v) is 2.56. The Hall–Kier alpha value is -1.35. The van der Waals surface area contributed by atoms with Crippen molar-refractivity contribution in [1.82, 2.24) is 4.90 Å². The molecule has 1 saturated heterocycles. The quantitative estimate of drug-likeness (QED) is 0.762. The van der Waals surface area contributed by atoms with Gasteiger partial charge >= 0.3 is 0 Å². The van der Waals surface area contributed by atoms with Crippen molar-refractivity contribution in [3.8, 4) is 0 Å². The van der Waals surface area contributed by atoms with Gasteiger partial charge in [0.1, 0.15) is 0 Å². The van der Waals surface area contributed by atoms with E-state index in [4.69, 9.17) is 0 Å². The van der Waals surface area contributed by atoms with E-state index >= 15 is 0 Å². The summed E-state index contributed by atoms with van der Waals surface area (Å²) in [6, 6.07) is 8.58. The predicted molar refractivity (Wildman–Crippen MR) is 75.4 cm³/mol. The molecule has 2 rings (SSSR count). The zero-order chi connectivity index (χ0) is 13.1. The summed E-state index contributed by atoms with van der Waals surface area (Å²) < 4.78 is 0. The molecule has 0 bridgehead atoms. The highest BCUT2D eigenvalue weighted by molar-refractivity contribution is 6.01. The molecule has 0 amide bonds. The Labute approximate surface area is 109 Å². The first kappa shape index (κ1) is 13.1. The molecule has 0 radical (unpaired) electrons. The van der Waals surface area contributed by atoms with Gasteiger partial charge in [0.05, 0.1) is 0 Å². The lowest BCUT2D eigenvalue weighted by Crippen LogP contribution is -2.31. The van der Waals surface area contributed by atoms with Crippen LogP contribution in [-0.2, 0) is 0 Å². The van der Waals surface area contributed by atoms with Crippen LogP contribution in [0.5, 0.6) is 0 Å². The second-order valence-corrected chi connectivity index (χ2v) is 5.15. The van der Waals surface area contributed by atoms with Gasteiger partial charge in [0.2, 0.25) is 0 Å². The zero-order valence-corrected chi connectivity index (χ0v) is 11.5. The highest BCUT2D eigenvalue weighted by Crippen LogP contribution is 2.26. The summed E-state index contributed by atoms with van der Waals surface area (Å²) in [5.74, 6) is 0.235. The minimum Gasteiger partial charge on any atom is -0.369 e. The monoisotopic (exact) mass is 246 g/mol. The van der Waals surface area contributed by atoms with E-state index in [2.05, 4.69) is 30.0 Å². The van der Waals surface area contributed by atoms with E-state index in [1.807, 2.05) is 25.1 Å².